The molecule has 1 aromatic rings. The van der Waals surface area contributed by atoms with E-state index in [1.165, 1.54) is 6.07 Å². The first-order valence-electron chi connectivity index (χ1n) is 9.47. The maximum Gasteiger partial charge on any atom is 0.393 e. The second kappa shape index (κ2) is 7.80. The molecule has 0 bridgehead atoms. The third-order valence-corrected chi connectivity index (χ3v) is 5.82. The van der Waals surface area contributed by atoms with Crippen molar-refractivity contribution in [3.05, 3.63) is 35.4 Å². The highest BCUT2D eigenvalue weighted by Crippen LogP contribution is 2.39. The fourth-order valence-corrected chi connectivity index (χ4v) is 4.53. The number of nitrogens with zero attached hydrogens (tertiary/aromatic N) is 2. The zero-order chi connectivity index (χ0) is 19.7. The number of carbonyl (C=O) groups excluding carboxylic acids is 1. The molecule has 7 heteroatoms. The summed E-state index contributed by atoms with van der Waals surface area (Å²) in [6.07, 6.45) is -3.23. The van der Waals surface area contributed by atoms with Gasteiger partial charge in [0.1, 0.15) is 0 Å². The molecule has 2 saturated heterocycles. The number of carbonyl (C=O) groups is 1. The number of aliphatic hydroxyl groups excluding tert-OH is 1. The molecule has 1 spiro atoms. The molecule has 1 aromatic carbocycles. The van der Waals surface area contributed by atoms with Crippen LogP contribution in [-0.4, -0.2) is 59.3 Å². The van der Waals surface area contributed by atoms with Crippen LogP contribution in [-0.2, 0) is 17.8 Å². The summed E-state index contributed by atoms with van der Waals surface area (Å²) < 4.78 is 37.9. The zero-order valence-electron chi connectivity index (χ0n) is 15.6. The van der Waals surface area contributed by atoms with Gasteiger partial charge in [0.15, 0.2) is 0 Å². The molecule has 0 saturated carbocycles. The van der Waals surface area contributed by atoms with Gasteiger partial charge in [-0.25, -0.2) is 0 Å². The molecule has 1 N–H and O–H groups in total. The highest BCUT2D eigenvalue weighted by molar-refractivity contribution is 5.73. The minimum absolute atomic E-state index is 0.0262. The van der Waals surface area contributed by atoms with E-state index in [1.807, 2.05) is 6.07 Å². The molecule has 27 heavy (non-hydrogen) atoms. The van der Waals surface area contributed by atoms with Crippen molar-refractivity contribution in [2.75, 3.05) is 26.2 Å². The number of rotatable bonds is 3. The van der Waals surface area contributed by atoms with E-state index in [4.69, 9.17) is 0 Å². The van der Waals surface area contributed by atoms with Gasteiger partial charge in [-0.15, -0.1) is 0 Å². The first kappa shape index (κ1) is 20.1. The second-order valence-corrected chi connectivity index (χ2v) is 8.03. The normalized spacial score (nSPS) is 27.1. The van der Waals surface area contributed by atoms with E-state index >= 15 is 0 Å². The number of hydrogen-bond acceptors (Lipinski definition) is 3. The van der Waals surface area contributed by atoms with Crippen molar-refractivity contribution in [1.29, 1.82) is 0 Å². The van der Waals surface area contributed by atoms with Gasteiger partial charge in [-0.3, -0.25) is 9.69 Å². The molecule has 0 aliphatic carbocycles. The lowest BCUT2D eigenvalue weighted by Gasteiger charge is -2.51. The van der Waals surface area contributed by atoms with Crippen molar-refractivity contribution >= 4 is 5.91 Å². The highest BCUT2D eigenvalue weighted by atomic mass is 19.4. The minimum Gasteiger partial charge on any atom is -0.392 e. The Hall–Kier alpha value is -1.60. The molecule has 2 atom stereocenters. The third-order valence-electron chi connectivity index (χ3n) is 5.82. The molecular weight excluding hydrogens is 357 g/mol. The molecule has 1 amide bonds. The molecule has 0 unspecified atom stereocenters. The molecular formula is C20H27F3N2O2. The van der Waals surface area contributed by atoms with Crippen LogP contribution in [0.5, 0.6) is 0 Å². The summed E-state index contributed by atoms with van der Waals surface area (Å²) in [5, 5.41) is 10.6. The van der Waals surface area contributed by atoms with Crippen molar-refractivity contribution in [3.63, 3.8) is 0 Å². The molecule has 0 aromatic heterocycles. The van der Waals surface area contributed by atoms with Gasteiger partial charge in [0.2, 0.25) is 5.91 Å². The number of amides is 1. The first-order chi connectivity index (χ1) is 12.7. The predicted octanol–water partition coefficient (Wildman–Crippen LogP) is 2.99. The fraction of sp³-hybridized carbons (Fsp3) is 0.650. The van der Waals surface area contributed by atoms with Crippen LogP contribution >= 0.6 is 0 Å². The van der Waals surface area contributed by atoms with Gasteiger partial charge in [-0.2, -0.15) is 13.2 Å². The summed E-state index contributed by atoms with van der Waals surface area (Å²) in [5.74, 6) is 0.0262. The van der Waals surface area contributed by atoms with E-state index in [9.17, 15) is 23.1 Å². The molecule has 3 rings (SSSR count). The van der Waals surface area contributed by atoms with Gasteiger partial charge < -0.3 is 10.0 Å². The van der Waals surface area contributed by atoms with E-state index in [2.05, 4.69) is 4.90 Å². The lowest BCUT2D eigenvalue weighted by atomic mass is 9.71. The Morgan fingerprint density at radius 1 is 1.26 bits per heavy atom. The van der Waals surface area contributed by atoms with Gasteiger partial charge in [0, 0.05) is 45.1 Å². The lowest BCUT2D eigenvalue weighted by Crippen LogP contribution is -2.59. The van der Waals surface area contributed by atoms with E-state index in [0.29, 0.717) is 32.6 Å². The first-order valence-corrected chi connectivity index (χ1v) is 9.47. The standard InChI is InChI=1S/C20H27F3N2O2/c1-15(26)25-8-3-7-19(14-25)13-24(9-6-18(19)27)12-17-5-2-4-16(10-17)11-20(21,22)23/h2,4-5,10,18,27H,3,6-9,11-14H2,1H3/t18-,19-/m1/s1. The third kappa shape index (κ3) is 5.02. The SMILES string of the molecule is CC(=O)N1CCC[C@@]2(CN(Cc3cccc(CC(F)(F)F)c3)CC[C@H]2O)C1. The van der Waals surface area contributed by atoms with E-state index in [1.54, 1.807) is 24.0 Å². The number of alkyl halides is 3. The molecule has 2 heterocycles. The Balaban J connectivity index is 1.70. The highest BCUT2D eigenvalue weighted by Gasteiger charge is 2.45. The van der Waals surface area contributed by atoms with E-state index < -0.39 is 18.7 Å². The van der Waals surface area contributed by atoms with Crippen molar-refractivity contribution in [2.45, 2.75) is 51.4 Å². The molecule has 2 aliphatic rings. The minimum atomic E-state index is -4.21. The summed E-state index contributed by atoms with van der Waals surface area (Å²) in [7, 11) is 0. The Kier molecular flexibility index (Phi) is 5.82. The number of likely N-dealkylation sites (tertiary alicyclic amines) is 2. The van der Waals surface area contributed by atoms with Crippen molar-refractivity contribution in [1.82, 2.24) is 9.80 Å². The van der Waals surface area contributed by atoms with Gasteiger partial charge in [-0.1, -0.05) is 24.3 Å². The van der Waals surface area contributed by atoms with Crippen LogP contribution in [0.3, 0.4) is 0 Å². The fourth-order valence-electron chi connectivity index (χ4n) is 4.53. The molecule has 2 aliphatic heterocycles. The largest absolute Gasteiger partial charge is 0.393 e. The maximum absolute atomic E-state index is 12.6. The van der Waals surface area contributed by atoms with Crippen LogP contribution in [0, 0.1) is 5.41 Å². The lowest BCUT2D eigenvalue weighted by molar-refractivity contribution is -0.139. The summed E-state index contributed by atoms with van der Waals surface area (Å²) in [4.78, 5) is 15.8. The zero-order valence-corrected chi connectivity index (χ0v) is 15.6. The summed E-state index contributed by atoms with van der Waals surface area (Å²) >= 11 is 0. The Morgan fingerprint density at radius 3 is 2.70 bits per heavy atom. The monoisotopic (exact) mass is 384 g/mol. The topological polar surface area (TPSA) is 43.8 Å². The van der Waals surface area contributed by atoms with E-state index in [0.717, 1.165) is 24.9 Å². The molecule has 0 radical (unpaired) electrons. The number of hydrogen-bond donors (Lipinski definition) is 1. The van der Waals surface area contributed by atoms with Crippen molar-refractivity contribution < 1.29 is 23.1 Å². The van der Waals surface area contributed by atoms with Gasteiger partial charge >= 0.3 is 6.18 Å². The average molecular weight is 384 g/mol. The number of benzene rings is 1. The Bertz CT molecular complexity index is 679. The average Bonchev–Trinajstić information content (AvgIpc) is 2.57. The maximum atomic E-state index is 12.6. The van der Waals surface area contributed by atoms with Crippen molar-refractivity contribution in [3.8, 4) is 0 Å². The van der Waals surface area contributed by atoms with Crippen LogP contribution < -0.4 is 0 Å². The van der Waals surface area contributed by atoms with Crippen LogP contribution in [0.25, 0.3) is 0 Å². The summed E-state index contributed by atoms with van der Waals surface area (Å²) in [5.41, 5.74) is 0.779. The van der Waals surface area contributed by atoms with Gasteiger partial charge in [0.25, 0.3) is 0 Å². The van der Waals surface area contributed by atoms with Crippen LogP contribution in [0.15, 0.2) is 24.3 Å². The number of halogens is 3. The molecule has 2 fully saturated rings. The molecule has 4 nitrogen and oxygen atoms in total. The Morgan fingerprint density at radius 2 is 2.00 bits per heavy atom. The Labute approximate surface area is 158 Å². The van der Waals surface area contributed by atoms with Gasteiger partial charge in [0.05, 0.1) is 12.5 Å². The van der Waals surface area contributed by atoms with Crippen LogP contribution in [0.2, 0.25) is 0 Å². The summed E-state index contributed by atoms with van der Waals surface area (Å²) in [6, 6.07) is 6.64. The van der Waals surface area contributed by atoms with Crippen LogP contribution in [0.1, 0.15) is 37.3 Å². The number of piperidine rings is 2. The smallest absolute Gasteiger partial charge is 0.392 e. The molecule has 150 valence electrons. The quantitative estimate of drug-likeness (QED) is 0.871. The number of aliphatic hydroxyl groups is 1. The predicted molar refractivity (Wildman–Crippen MR) is 96.0 cm³/mol. The van der Waals surface area contributed by atoms with Gasteiger partial charge in [-0.05, 0) is 30.4 Å². The van der Waals surface area contributed by atoms with E-state index in [-0.39, 0.29) is 16.9 Å². The summed E-state index contributed by atoms with van der Waals surface area (Å²) in [6.45, 7) is 4.74. The second-order valence-electron chi connectivity index (χ2n) is 8.03. The van der Waals surface area contributed by atoms with Crippen molar-refractivity contribution in [2.24, 2.45) is 5.41 Å². The van der Waals surface area contributed by atoms with Crippen LogP contribution in [0.4, 0.5) is 13.2 Å².